The molecule has 3 aromatic carbocycles. The number of nitrogens with one attached hydrogen (secondary N) is 1. The van der Waals surface area contributed by atoms with Crippen molar-refractivity contribution in [3.63, 3.8) is 0 Å². The summed E-state index contributed by atoms with van der Waals surface area (Å²) in [5.74, 6) is 0.732. The van der Waals surface area contributed by atoms with E-state index in [9.17, 15) is 9.59 Å². The lowest BCUT2D eigenvalue weighted by Gasteiger charge is -2.10. The number of benzene rings is 3. The Labute approximate surface area is 180 Å². The zero-order chi connectivity index (χ0) is 22.2. The molecule has 0 heterocycles. The van der Waals surface area contributed by atoms with E-state index >= 15 is 0 Å². The van der Waals surface area contributed by atoms with Crippen LogP contribution in [-0.4, -0.2) is 39.8 Å². The third-order valence-corrected chi connectivity index (χ3v) is 4.50. The zero-order valence-corrected chi connectivity index (χ0v) is 17.5. The summed E-state index contributed by atoms with van der Waals surface area (Å²) in [6.07, 6.45) is 2.92. The Hall–Kier alpha value is -4.00. The van der Waals surface area contributed by atoms with Crippen molar-refractivity contribution in [2.45, 2.75) is 0 Å². The Kier molecular flexibility index (Phi) is 7.11. The first kappa shape index (κ1) is 21.7. The van der Waals surface area contributed by atoms with Crippen LogP contribution in [-0.2, 0) is 14.3 Å². The number of amides is 1. The normalized spacial score (nSPS) is 10.7. The summed E-state index contributed by atoms with van der Waals surface area (Å²) in [7, 11) is 4.65. The van der Waals surface area contributed by atoms with Crippen LogP contribution in [0.3, 0.4) is 0 Å². The average molecular weight is 421 g/mol. The average Bonchev–Trinajstić information content (AvgIpc) is 2.80. The molecular formula is C24H23NO6. The Morgan fingerprint density at radius 3 is 2.32 bits per heavy atom. The molecule has 3 rings (SSSR count). The largest absolute Gasteiger partial charge is 0.497 e. The van der Waals surface area contributed by atoms with Gasteiger partial charge in [0, 0.05) is 17.8 Å². The van der Waals surface area contributed by atoms with Crippen molar-refractivity contribution in [3.8, 4) is 17.2 Å². The van der Waals surface area contributed by atoms with Crippen LogP contribution in [0.4, 0.5) is 5.69 Å². The minimum Gasteiger partial charge on any atom is -0.497 e. The van der Waals surface area contributed by atoms with Gasteiger partial charge in [0.1, 0.15) is 5.75 Å². The molecular weight excluding hydrogens is 398 g/mol. The number of anilines is 1. The lowest BCUT2D eigenvalue weighted by Crippen LogP contribution is -2.20. The third kappa shape index (κ3) is 5.76. The summed E-state index contributed by atoms with van der Waals surface area (Å²) in [6.45, 7) is -0.408. The fourth-order valence-corrected chi connectivity index (χ4v) is 2.93. The quantitative estimate of drug-likeness (QED) is 0.436. The first-order valence-corrected chi connectivity index (χ1v) is 9.47. The van der Waals surface area contributed by atoms with Gasteiger partial charge in [0.15, 0.2) is 18.1 Å². The number of carbonyl (C=O) groups is 2. The molecule has 0 aromatic heterocycles. The highest BCUT2D eigenvalue weighted by molar-refractivity contribution is 5.95. The molecule has 0 bridgehead atoms. The number of carbonyl (C=O) groups excluding carboxylic acids is 2. The maximum absolute atomic E-state index is 12.0. The molecule has 7 nitrogen and oxygen atoms in total. The molecule has 31 heavy (non-hydrogen) atoms. The molecule has 0 unspecified atom stereocenters. The summed E-state index contributed by atoms with van der Waals surface area (Å²) in [5.41, 5.74) is 1.34. The van der Waals surface area contributed by atoms with Crippen molar-refractivity contribution in [3.05, 3.63) is 66.2 Å². The highest BCUT2D eigenvalue weighted by Gasteiger charge is 2.09. The predicted octanol–water partition coefficient (Wildman–Crippen LogP) is 4.06. The number of ether oxygens (including phenoxy) is 4. The number of esters is 1. The van der Waals surface area contributed by atoms with Crippen LogP contribution >= 0.6 is 0 Å². The molecule has 0 fully saturated rings. The van der Waals surface area contributed by atoms with Crippen molar-refractivity contribution in [2.75, 3.05) is 33.3 Å². The molecule has 7 heteroatoms. The molecule has 0 aliphatic carbocycles. The van der Waals surface area contributed by atoms with Crippen molar-refractivity contribution < 1.29 is 28.5 Å². The number of hydrogen-bond donors (Lipinski definition) is 1. The second kappa shape index (κ2) is 10.2. The first-order chi connectivity index (χ1) is 15.0. The fourth-order valence-electron chi connectivity index (χ4n) is 2.93. The molecule has 0 aliphatic rings. The van der Waals surface area contributed by atoms with Gasteiger partial charge in [-0.25, -0.2) is 4.79 Å². The highest BCUT2D eigenvalue weighted by Crippen LogP contribution is 2.29. The smallest absolute Gasteiger partial charge is 0.331 e. The van der Waals surface area contributed by atoms with E-state index in [0.717, 1.165) is 22.1 Å². The summed E-state index contributed by atoms with van der Waals surface area (Å²) in [6, 6.07) is 16.5. The van der Waals surface area contributed by atoms with E-state index in [1.165, 1.54) is 20.3 Å². The molecule has 0 radical (unpaired) electrons. The fraction of sp³-hybridized carbons (Fsp3) is 0.167. The Bertz CT molecular complexity index is 1120. The number of fused-ring (bicyclic) bond motifs is 1. The van der Waals surface area contributed by atoms with Crippen molar-refractivity contribution in [1.29, 1.82) is 0 Å². The van der Waals surface area contributed by atoms with Crippen LogP contribution in [0.2, 0.25) is 0 Å². The van der Waals surface area contributed by atoms with Crippen LogP contribution in [0.5, 0.6) is 17.2 Å². The highest BCUT2D eigenvalue weighted by atomic mass is 16.5. The van der Waals surface area contributed by atoms with Gasteiger partial charge in [-0.05, 0) is 52.7 Å². The van der Waals surface area contributed by atoms with Gasteiger partial charge < -0.3 is 24.3 Å². The monoisotopic (exact) mass is 421 g/mol. The second-order valence-electron chi connectivity index (χ2n) is 6.53. The molecule has 0 aliphatic heterocycles. The van der Waals surface area contributed by atoms with Gasteiger partial charge in [0.25, 0.3) is 5.91 Å². The standard InChI is InChI=1S/C24H23NO6/c1-28-20-9-7-17-12-16(4-6-18(17)13-20)5-11-24(27)31-15-23(26)25-19-8-10-21(29-2)22(14-19)30-3/h4-14H,15H2,1-3H3,(H,25,26)/b11-5+. The second-order valence-corrected chi connectivity index (χ2v) is 6.53. The van der Waals surface area contributed by atoms with Gasteiger partial charge in [0.2, 0.25) is 0 Å². The topological polar surface area (TPSA) is 83.1 Å². The molecule has 160 valence electrons. The molecule has 0 spiro atoms. The zero-order valence-electron chi connectivity index (χ0n) is 17.5. The Morgan fingerprint density at radius 2 is 1.58 bits per heavy atom. The predicted molar refractivity (Wildman–Crippen MR) is 119 cm³/mol. The van der Waals surface area contributed by atoms with Crippen molar-refractivity contribution in [2.24, 2.45) is 0 Å². The number of hydrogen-bond acceptors (Lipinski definition) is 6. The minimum absolute atomic E-state index is 0.408. The van der Waals surface area contributed by atoms with E-state index in [0.29, 0.717) is 17.2 Å². The SMILES string of the molecule is COc1ccc2cc(/C=C/C(=O)OCC(=O)Nc3ccc(OC)c(OC)c3)ccc2c1. The Balaban J connectivity index is 1.54. The van der Waals surface area contributed by atoms with Gasteiger partial charge in [-0.2, -0.15) is 0 Å². The van der Waals surface area contributed by atoms with Crippen LogP contribution in [0, 0.1) is 0 Å². The van der Waals surface area contributed by atoms with Crippen molar-refractivity contribution in [1.82, 2.24) is 0 Å². The number of rotatable bonds is 8. The summed E-state index contributed by atoms with van der Waals surface area (Å²) in [5, 5.41) is 4.69. The molecule has 1 N–H and O–H groups in total. The molecule has 1 amide bonds. The van der Waals surface area contributed by atoms with E-state index in [1.54, 1.807) is 31.4 Å². The maximum Gasteiger partial charge on any atom is 0.331 e. The lowest BCUT2D eigenvalue weighted by atomic mass is 10.1. The van der Waals surface area contributed by atoms with Gasteiger partial charge in [-0.1, -0.05) is 18.2 Å². The minimum atomic E-state index is -0.614. The van der Waals surface area contributed by atoms with Crippen LogP contribution < -0.4 is 19.5 Å². The maximum atomic E-state index is 12.0. The summed E-state index contributed by atoms with van der Waals surface area (Å²) in [4.78, 5) is 24.0. The summed E-state index contributed by atoms with van der Waals surface area (Å²) < 4.78 is 20.6. The summed E-state index contributed by atoms with van der Waals surface area (Å²) >= 11 is 0. The van der Waals surface area contributed by atoms with Crippen LogP contribution in [0.15, 0.2) is 60.7 Å². The molecule has 0 saturated carbocycles. The van der Waals surface area contributed by atoms with Gasteiger partial charge in [0.05, 0.1) is 21.3 Å². The van der Waals surface area contributed by atoms with E-state index in [2.05, 4.69) is 5.32 Å². The van der Waals surface area contributed by atoms with Gasteiger partial charge in [-0.3, -0.25) is 4.79 Å². The van der Waals surface area contributed by atoms with E-state index in [1.807, 2.05) is 36.4 Å². The van der Waals surface area contributed by atoms with Crippen LogP contribution in [0.1, 0.15) is 5.56 Å². The van der Waals surface area contributed by atoms with E-state index in [4.69, 9.17) is 18.9 Å². The lowest BCUT2D eigenvalue weighted by molar-refractivity contribution is -0.142. The van der Waals surface area contributed by atoms with E-state index in [-0.39, 0.29) is 0 Å². The van der Waals surface area contributed by atoms with Gasteiger partial charge >= 0.3 is 5.97 Å². The van der Waals surface area contributed by atoms with Crippen LogP contribution in [0.25, 0.3) is 16.8 Å². The molecule has 0 saturated heterocycles. The molecule has 3 aromatic rings. The third-order valence-electron chi connectivity index (χ3n) is 4.50. The number of methoxy groups -OCH3 is 3. The Morgan fingerprint density at radius 1 is 0.839 bits per heavy atom. The van der Waals surface area contributed by atoms with Gasteiger partial charge in [-0.15, -0.1) is 0 Å². The van der Waals surface area contributed by atoms with Crippen molar-refractivity contribution >= 4 is 34.4 Å². The first-order valence-electron chi connectivity index (χ1n) is 9.47. The molecule has 0 atom stereocenters. The van der Waals surface area contributed by atoms with E-state index < -0.39 is 18.5 Å².